The fourth-order valence-corrected chi connectivity index (χ4v) is 2.42. The second-order valence-electron chi connectivity index (χ2n) is 4.33. The SMILES string of the molecule is CCn1ncc(Cl)c1C(C)(O)c1cccc(F)c1F. The van der Waals surface area contributed by atoms with E-state index in [0.29, 0.717) is 6.54 Å². The van der Waals surface area contributed by atoms with Crippen molar-refractivity contribution < 1.29 is 13.9 Å². The molecule has 0 spiro atoms. The molecule has 1 atom stereocenters. The number of halogens is 3. The zero-order valence-corrected chi connectivity index (χ0v) is 11.2. The highest BCUT2D eigenvalue weighted by Crippen LogP contribution is 2.35. The minimum absolute atomic E-state index is 0.176. The van der Waals surface area contributed by atoms with E-state index in [1.807, 2.05) is 6.92 Å². The van der Waals surface area contributed by atoms with Crippen LogP contribution in [0.25, 0.3) is 0 Å². The van der Waals surface area contributed by atoms with Gasteiger partial charge >= 0.3 is 0 Å². The lowest BCUT2D eigenvalue weighted by molar-refractivity contribution is 0.0869. The maximum absolute atomic E-state index is 13.8. The van der Waals surface area contributed by atoms with Crippen LogP contribution in [0.15, 0.2) is 24.4 Å². The molecular weight excluding hydrogens is 274 g/mol. The molecule has 6 heteroatoms. The van der Waals surface area contributed by atoms with Gasteiger partial charge in [-0.25, -0.2) is 8.78 Å². The standard InChI is InChI=1S/C13H13ClF2N2O/c1-3-18-12(9(14)7-17-18)13(2,19)8-5-4-6-10(15)11(8)16/h4-7,19H,3H2,1-2H3. The van der Waals surface area contributed by atoms with Crippen LogP contribution < -0.4 is 0 Å². The van der Waals surface area contributed by atoms with E-state index >= 15 is 0 Å². The summed E-state index contributed by atoms with van der Waals surface area (Å²) < 4.78 is 28.6. The second kappa shape index (κ2) is 4.90. The Bertz CT molecular complexity index is 611. The molecule has 1 heterocycles. The van der Waals surface area contributed by atoms with Crippen LogP contribution in [0.4, 0.5) is 8.78 Å². The summed E-state index contributed by atoms with van der Waals surface area (Å²) in [6.45, 7) is 3.62. The molecule has 0 saturated carbocycles. The average molecular weight is 287 g/mol. The molecule has 1 N–H and O–H groups in total. The molecule has 0 aliphatic rings. The van der Waals surface area contributed by atoms with E-state index < -0.39 is 17.2 Å². The van der Waals surface area contributed by atoms with Gasteiger partial charge in [-0.2, -0.15) is 5.10 Å². The van der Waals surface area contributed by atoms with E-state index in [1.165, 1.54) is 29.9 Å². The van der Waals surface area contributed by atoms with Crippen molar-refractivity contribution in [2.24, 2.45) is 0 Å². The molecule has 2 aromatic rings. The highest BCUT2D eigenvalue weighted by atomic mass is 35.5. The van der Waals surface area contributed by atoms with Gasteiger partial charge in [0.1, 0.15) is 5.60 Å². The van der Waals surface area contributed by atoms with Crippen LogP contribution in [-0.4, -0.2) is 14.9 Å². The predicted molar refractivity (Wildman–Crippen MR) is 67.9 cm³/mol. The highest BCUT2D eigenvalue weighted by Gasteiger charge is 2.35. The molecule has 1 aromatic heterocycles. The number of aryl methyl sites for hydroxylation is 1. The fraction of sp³-hybridized carbons (Fsp3) is 0.308. The first kappa shape index (κ1) is 14.0. The summed E-state index contributed by atoms with van der Waals surface area (Å²) in [5.41, 5.74) is -1.71. The third-order valence-corrected chi connectivity index (χ3v) is 3.31. The molecule has 2 rings (SSSR count). The van der Waals surface area contributed by atoms with Gasteiger partial charge in [0.2, 0.25) is 0 Å². The maximum atomic E-state index is 13.8. The van der Waals surface area contributed by atoms with Crippen molar-refractivity contribution in [2.45, 2.75) is 26.0 Å². The average Bonchev–Trinajstić information content (AvgIpc) is 2.74. The number of aromatic nitrogens is 2. The first-order chi connectivity index (χ1) is 8.89. The lowest BCUT2D eigenvalue weighted by Crippen LogP contribution is -2.28. The number of hydrogen-bond donors (Lipinski definition) is 1. The summed E-state index contributed by atoms with van der Waals surface area (Å²) >= 11 is 5.99. The Kier molecular flexibility index (Phi) is 3.60. The Morgan fingerprint density at radius 3 is 2.74 bits per heavy atom. The number of aliphatic hydroxyl groups is 1. The van der Waals surface area contributed by atoms with Crippen LogP contribution in [0.1, 0.15) is 25.1 Å². The molecule has 0 aliphatic carbocycles. The summed E-state index contributed by atoms with van der Waals surface area (Å²) in [6.07, 6.45) is 1.37. The first-order valence-electron chi connectivity index (χ1n) is 5.78. The molecule has 0 fully saturated rings. The highest BCUT2D eigenvalue weighted by molar-refractivity contribution is 6.31. The zero-order valence-electron chi connectivity index (χ0n) is 10.5. The quantitative estimate of drug-likeness (QED) is 0.941. The van der Waals surface area contributed by atoms with Gasteiger partial charge in [-0.3, -0.25) is 4.68 Å². The Morgan fingerprint density at radius 2 is 2.11 bits per heavy atom. The Labute approximate surface area is 114 Å². The molecule has 0 radical (unpaired) electrons. The minimum Gasteiger partial charge on any atom is -0.379 e. The van der Waals surface area contributed by atoms with E-state index in [0.717, 1.165) is 6.07 Å². The lowest BCUT2D eigenvalue weighted by atomic mass is 9.91. The molecule has 0 saturated heterocycles. The number of benzene rings is 1. The molecule has 0 amide bonds. The summed E-state index contributed by atoms with van der Waals surface area (Å²) in [4.78, 5) is 0. The van der Waals surface area contributed by atoms with E-state index in [-0.39, 0.29) is 16.3 Å². The maximum Gasteiger partial charge on any atom is 0.165 e. The summed E-state index contributed by atoms with van der Waals surface area (Å²) in [7, 11) is 0. The normalized spacial score (nSPS) is 14.4. The van der Waals surface area contributed by atoms with Gasteiger partial charge in [0.05, 0.1) is 16.9 Å². The Balaban J connectivity index is 2.65. The lowest BCUT2D eigenvalue weighted by Gasteiger charge is -2.25. The molecule has 3 nitrogen and oxygen atoms in total. The van der Waals surface area contributed by atoms with Crippen LogP contribution >= 0.6 is 11.6 Å². The van der Waals surface area contributed by atoms with Gasteiger partial charge in [0.25, 0.3) is 0 Å². The van der Waals surface area contributed by atoms with Crippen molar-refractivity contribution in [3.8, 4) is 0 Å². The number of hydrogen-bond acceptors (Lipinski definition) is 2. The van der Waals surface area contributed by atoms with Crippen molar-refractivity contribution >= 4 is 11.6 Å². The van der Waals surface area contributed by atoms with Crippen molar-refractivity contribution in [3.63, 3.8) is 0 Å². The molecule has 102 valence electrons. The largest absolute Gasteiger partial charge is 0.379 e. The van der Waals surface area contributed by atoms with Crippen molar-refractivity contribution in [1.29, 1.82) is 0 Å². The van der Waals surface area contributed by atoms with Gasteiger partial charge in [0.15, 0.2) is 11.6 Å². The van der Waals surface area contributed by atoms with Crippen LogP contribution in [-0.2, 0) is 12.1 Å². The van der Waals surface area contributed by atoms with Crippen molar-refractivity contribution in [2.75, 3.05) is 0 Å². The minimum atomic E-state index is -1.77. The van der Waals surface area contributed by atoms with Gasteiger partial charge in [-0.15, -0.1) is 0 Å². The van der Waals surface area contributed by atoms with Gasteiger partial charge in [0, 0.05) is 12.1 Å². The van der Waals surface area contributed by atoms with Crippen LogP contribution in [0.5, 0.6) is 0 Å². The monoisotopic (exact) mass is 286 g/mol. The first-order valence-corrected chi connectivity index (χ1v) is 6.16. The predicted octanol–water partition coefficient (Wildman–Crippen LogP) is 3.09. The summed E-state index contributed by atoms with van der Waals surface area (Å²) in [5.74, 6) is -2.11. The zero-order chi connectivity index (χ0) is 14.2. The molecule has 0 bridgehead atoms. The van der Waals surface area contributed by atoms with Crippen LogP contribution in [0.3, 0.4) is 0 Å². The van der Waals surface area contributed by atoms with Crippen LogP contribution in [0, 0.1) is 11.6 Å². The van der Waals surface area contributed by atoms with E-state index in [9.17, 15) is 13.9 Å². The molecule has 1 aromatic carbocycles. The number of nitrogens with zero attached hydrogens (tertiary/aromatic N) is 2. The molecule has 19 heavy (non-hydrogen) atoms. The fourth-order valence-electron chi connectivity index (χ4n) is 2.09. The Hall–Kier alpha value is -1.46. The summed E-state index contributed by atoms with van der Waals surface area (Å²) in [6, 6.07) is 3.65. The van der Waals surface area contributed by atoms with Crippen LogP contribution in [0.2, 0.25) is 5.02 Å². The third-order valence-electron chi connectivity index (χ3n) is 3.03. The summed E-state index contributed by atoms with van der Waals surface area (Å²) in [5, 5.41) is 14.8. The topological polar surface area (TPSA) is 38.0 Å². The van der Waals surface area contributed by atoms with E-state index in [2.05, 4.69) is 5.10 Å². The molecular formula is C13H13ClF2N2O. The van der Waals surface area contributed by atoms with Gasteiger partial charge < -0.3 is 5.11 Å². The smallest absolute Gasteiger partial charge is 0.165 e. The van der Waals surface area contributed by atoms with Gasteiger partial charge in [-0.1, -0.05) is 23.7 Å². The molecule has 0 aliphatic heterocycles. The molecule has 1 unspecified atom stereocenters. The van der Waals surface area contributed by atoms with Gasteiger partial charge in [-0.05, 0) is 19.9 Å². The van der Waals surface area contributed by atoms with Crippen molar-refractivity contribution in [1.82, 2.24) is 9.78 Å². The Morgan fingerprint density at radius 1 is 1.42 bits per heavy atom. The van der Waals surface area contributed by atoms with Crippen molar-refractivity contribution in [3.05, 3.63) is 52.3 Å². The number of rotatable bonds is 3. The third kappa shape index (κ3) is 2.24. The van der Waals surface area contributed by atoms with E-state index in [4.69, 9.17) is 11.6 Å². The van der Waals surface area contributed by atoms with E-state index in [1.54, 1.807) is 0 Å². The second-order valence-corrected chi connectivity index (χ2v) is 4.74.